The predicted molar refractivity (Wildman–Crippen MR) is 121 cm³/mol. The molecule has 3 aromatic rings. The topological polar surface area (TPSA) is 78.7 Å². The van der Waals surface area contributed by atoms with E-state index in [4.69, 9.17) is 0 Å². The van der Waals surface area contributed by atoms with Crippen molar-refractivity contribution < 1.29 is 4.79 Å². The standard InChI is InChI=1S/C21H22N4OS3/c1-12-13(2)17(9-22)21(24-14(12)3)28-11-20(26)23-8-7-16-5-6-19(29-16)18-10-27-15(4)25-18/h5-6,10H,7-8,11H2,1-4H3,(H,23,26). The maximum atomic E-state index is 12.2. The van der Waals surface area contributed by atoms with Gasteiger partial charge >= 0.3 is 0 Å². The highest BCUT2D eigenvalue weighted by molar-refractivity contribution is 8.00. The Hall–Kier alpha value is -2.21. The van der Waals surface area contributed by atoms with E-state index in [-0.39, 0.29) is 11.7 Å². The van der Waals surface area contributed by atoms with E-state index < -0.39 is 0 Å². The molecule has 0 fully saturated rings. The lowest BCUT2D eigenvalue weighted by Gasteiger charge is -2.11. The highest BCUT2D eigenvalue weighted by Gasteiger charge is 2.14. The fourth-order valence-corrected chi connectivity index (χ4v) is 5.35. The van der Waals surface area contributed by atoms with Crippen molar-refractivity contribution in [3.63, 3.8) is 0 Å². The van der Waals surface area contributed by atoms with Crippen LogP contribution in [-0.2, 0) is 11.2 Å². The highest BCUT2D eigenvalue weighted by atomic mass is 32.2. The summed E-state index contributed by atoms with van der Waals surface area (Å²) in [5, 5.41) is 16.1. The van der Waals surface area contributed by atoms with Crippen molar-refractivity contribution in [1.29, 1.82) is 5.26 Å². The fraction of sp³-hybridized carbons (Fsp3) is 0.333. The van der Waals surface area contributed by atoms with Gasteiger partial charge in [0.25, 0.3) is 0 Å². The van der Waals surface area contributed by atoms with E-state index in [1.807, 2.05) is 27.7 Å². The van der Waals surface area contributed by atoms with Gasteiger partial charge in [0.05, 0.1) is 26.9 Å². The zero-order chi connectivity index (χ0) is 21.0. The Balaban J connectivity index is 1.50. The Morgan fingerprint density at radius 3 is 2.69 bits per heavy atom. The second-order valence-electron chi connectivity index (χ2n) is 6.65. The van der Waals surface area contributed by atoms with Crippen LogP contribution in [0.1, 0.15) is 32.3 Å². The Morgan fingerprint density at radius 1 is 1.21 bits per heavy atom. The van der Waals surface area contributed by atoms with Crippen molar-refractivity contribution in [3.05, 3.63) is 49.8 Å². The van der Waals surface area contributed by atoms with E-state index in [1.54, 1.807) is 22.7 Å². The molecule has 0 saturated carbocycles. The summed E-state index contributed by atoms with van der Waals surface area (Å²) in [4.78, 5) is 23.6. The molecular formula is C21H22N4OS3. The summed E-state index contributed by atoms with van der Waals surface area (Å²) in [5.41, 5.74) is 4.45. The molecule has 5 nitrogen and oxygen atoms in total. The minimum absolute atomic E-state index is 0.0523. The van der Waals surface area contributed by atoms with E-state index in [9.17, 15) is 10.1 Å². The average molecular weight is 443 g/mol. The van der Waals surface area contributed by atoms with Crippen molar-refractivity contribution >= 4 is 40.3 Å². The Bertz CT molecular complexity index is 1080. The van der Waals surface area contributed by atoms with Gasteiger partial charge in [0.1, 0.15) is 11.1 Å². The van der Waals surface area contributed by atoms with Crippen molar-refractivity contribution in [2.24, 2.45) is 0 Å². The number of aryl methyl sites for hydroxylation is 2. The maximum absolute atomic E-state index is 12.2. The molecule has 1 amide bonds. The number of pyridine rings is 1. The molecule has 0 aliphatic carbocycles. The van der Waals surface area contributed by atoms with Crippen LogP contribution in [0, 0.1) is 39.0 Å². The van der Waals surface area contributed by atoms with E-state index in [1.165, 1.54) is 16.6 Å². The van der Waals surface area contributed by atoms with Gasteiger partial charge in [0.2, 0.25) is 5.91 Å². The first-order valence-corrected chi connectivity index (χ1v) is 11.9. The number of carbonyl (C=O) groups is 1. The minimum atomic E-state index is -0.0523. The van der Waals surface area contributed by atoms with Crippen LogP contribution in [0.2, 0.25) is 0 Å². The third kappa shape index (κ3) is 5.24. The molecule has 0 bridgehead atoms. The normalized spacial score (nSPS) is 10.7. The average Bonchev–Trinajstić information content (AvgIpc) is 3.33. The number of thiazole rings is 1. The highest BCUT2D eigenvalue weighted by Crippen LogP contribution is 2.29. The quantitative estimate of drug-likeness (QED) is 0.531. The molecule has 8 heteroatoms. The first kappa shape index (κ1) is 21.5. The maximum Gasteiger partial charge on any atom is 0.230 e. The molecule has 1 N–H and O–H groups in total. The zero-order valence-corrected chi connectivity index (χ0v) is 19.3. The fourth-order valence-electron chi connectivity index (χ4n) is 2.78. The third-order valence-electron chi connectivity index (χ3n) is 4.64. The number of thiophene rings is 1. The van der Waals surface area contributed by atoms with Crippen LogP contribution in [0.25, 0.3) is 10.6 Å². The molecule has 0 aromatic carbocycles. The molecule has 0 aliphatic heterocycles. The monoisotopic (exact) mass is 442 g/mol. The van der Waals surface area contributed by atoms with Crippen LogP contribution in [0.3, 0.4) is 0 Å². The summed E-state index contributed by atoms with van der Waals surface area (Å²) in [6, 6.07) is 6.40. The van der Waals surface area contributed by atoms with E-state index >= 15 is 0 Å². The molecule has 0 unspecified atom stereocenters. The van der Waals surface area contributed by atoms with Crippen molar-refractivity contribution in [2.45, 2.75) is 39.1 Å². The van der Waals surface area contributed by atoms with Crippen LogP contribution < -0.4 is 5.32 Å². The summed E-state index contributed by atoms with van der Waals surface area (Å²) in [6.45, 7) is 8.40. The Morgan fingerprint density at radius 2 is 2.00 bits per heavy atom. The minimum Gasteiger partial charge on any atom is -0.355 e. The van der Waals surface area contributed by atoms with Gasteiger partial charge in [-0.2, -0.15) is 5.26 Å². The Labute approximate surface area is 183 Å². The number of nitrogens with zero attached hydrogens (tertiary/aromatic N) is 3. The predicted octanol–water partition coefficient (Wildman–Crippen LogP) is 4.82. The van der Waals surface area contributed by atoms with Gasteiger partial charge in [0.15, 0.2) is 0 Å². The third-order valence-corrected chi connectivity index (χ3v) is 7.56. The Kier molecular flexibility index (Phi) is 7.06. The molecule has 0 aliphatic rings. The lowest BCUT2D eigenvalue weighted by Crippen LogP contribution is -2.27. The molecular weight excluding hydrogens is 420 g/mol. The lowest BCUT2D eigenvalue weighted by atomic mass is 10.1. The van der Waals surface area contributed by atoms with E-state index in [0.29, 0.717) is 17.1 Å². The first-order chi connectivity index (χ1) is 13.9. The molecule has 3 heterocycles. The second-order valence-corrected chi connectivity index (χ2v) is 9.84. The van der Waals surface area contributed by atoms with Gasteiger partial charge in [-0.05, 0) is 57.4 Å². The summed E-state index contributed by atoms with van der Waals surface area (Å²) in [7, 11) is 0. The zero-order valence-electron chi connectivity index (χ0n) is 16.8. The van der Waals surface area contributed by atoms with E-state index in [0.717, 1.165) is 38.8 Å². The van der Waals surface area contributed by atoms with Crippen LogP contribution >= 0.6 is 34.4 Å². The summed E-state index contributed by atoms with van der Waals surface area (Å²) in [5.74, 6) is 0.195. The smallest absolute Gasteiger partial charge is 0.230 e. The van der Waals surface area contributed by atoms with Crippen molar-refractivity contribution in [2.75, 3.05) is 12.3 Å². The lowest BCUT2D eigenvalue weighted by molar-refractivity contribution is -0.118. The molecule has 0 radical (unpaired) electrons. The molecule has 0 spiro atoms. The molecule has 3 rings (SSSR count). The summed E-state index contributed by atoms with van der Waals surface area (Å²) < 4.78 is 0. The number of carbonyl (C=O) groups excluding carboxylic acids is 1. The summed E-state index contributed by atoms with van der Waals surface area (Å²) >= 11 is 4.68. The molecule has 29 heavy (non-hydrogen) atoms. The number of amides is 1. The largest absolute Gasteiger partial charge is 0.355 e. The summed E-state index contributed by atoms with van der Waals surface area (Å²) in [6.07, 6.45) is 0.786. The molecule has 150 valence electrons. The number of nitriles is 1. The van der Waals surface area contributed by atoms with Gasteiger partial charge in [-0.25, -0.2) is 9.97 Å². The number of thioether (sulfide) groups is 1. The van der Waals surface area contributed by atoms with Gasteiger partial charge in [-0.3, -0.25) is 4.79 Å². The number of rotatable bonds is 7. The molecule has 3 aromatic heterocycles. The molecule has 0 saturated heterocycles. The number of nitrogens with one attached hydrogen (secondary N) is 1. The van der Waals surface area contributed by atoms with Crippen LogP contribution in [0.15, 0.2) is 22.5 Å². The number of hydrogen-bond acceptors (Lipinski definition) is 7. The second kappa shape index (κ2) is 9.53. The van der Waals surface area contributed by atoms with E-state index in [2.05, 4.69) is 38.9 Å². The van der Waals surface area contributed by atoms with Crippen molar-refractivity contribution in [3.8, 4) is 16.6 Å². The van der Waals surface area contributed by atoms with Gasteiger partial charge in [-0.15, -0.1) is 22.7 Å². The number of hydrogen-bond donors (Lipinski definition) is 1. The van der Waals surface area contributed by atoms with Crippen LogP contribution in [0.4, 0.5) is 0 Å². The number of aromatic nitrogens is 2. The van der Waals surface area contributed by atoms with Gasteiger partial charge < -0.3 is 5.32 Å². The van der Waals surface area contributed by atoms with Crippen molar-refractivity contribution in [1.82, 2.24) is 15.3 Å². The van der Waals surface area contributed by atoms with Crippen LogP contribution in [-0.4, -0.2) is 28.2 Å². The van der Waals surface area contributed by atoms with Gasteiger partial charge in [-0.1, -0.05) is 11.8 Å². The molecule has 0 atom stereocenters. The first-order valence-electron chi connectivity index (χ1n) is 9.17. The van der Waals surface area contributed by atoms with Gasteiger partial charge in [0, 0.05) is 22.5 Å². The van der Waals surface area contributed by atoms with Crippen LogP contribution in [0.5, 0.6) is 0 Å². The SMILES string of the molecule is Cc1nc(-c2ccc(CCNC(=O)CSc3nc(C)c(C)c(C)c3C#N)s2)cs1.